The Morgan fingerprint density at radius 1 is 0.938 bits per heavy atom. The highest BCUT2D eigenvalue weighted by atomic mass is 35.5. The van der Waals surface area contributed by atoms with Crippen molar-refractivity contribution in [3.8, 4) is 11.3 Å². The Hall–Kier alpha value is -2.52. The van der Waals surface area contributed by atoms with Crippen molar-refractivity contribution in [2.45, 2.75) is 0 Å². The largest absolute Gasteiger partial charge is 0.451 e. The van der Waals surface area contributed by atoms with Gasteiger partial charge < -0.3 is 14.6 Å². The highest BCUT2D eigenvalue weighted by molar-refractivity contribution is 7.88. The molecule has 2 heterocycles. The van der Waals surface area contributed by atoms with Crippen molar-refractivity contribution in [1.82, 2.24) is 4.31 Å². The Kier molecular flexibility index (Phi) is 6.48. The molecule has 1 aliphatic rings. The van der Waals surface area contributed by atoms with Crippen LogP contribution in [-0.4, -0.2) is 51.1 Å². The topological polar surface area (TPSA) is 82.9 Å². The summed E-state index contributed by atoms with van der Waals surface area (Å²) >= 11 is 12.0. The number of carbonyl (C=O) groups is 1. The summed E-state index contributed by atoms with van der Waals surface area (Å²) in [6.45, 7) is 2.14. The van der Waals surface area contributed by atoms with Gasteiger partial charge in [-0.25, -0.2) is 8.42 Å². The van der Waals surface area contributed by atoms with Crippen LogP contribution in [-0.2, 0) is 10.0 Å². The lowest BCUT2D eigenvalue weighted by Gasteiger charge is -2.34. The van der Waals surface area contributed by atoms with Crippen LogP contribution in [0.25, 0.3) is 11.3 Å². The Balaban J connectivity index is 1.38. The summed E-state index contributed by atoms with van der Waals surface area (Å²) in [6.07, 6.45) is 1.23. The number of amides is 1. The second-order valence-corrected chi connectivity index (χ2v) is 10.2. The second-order valence-electron chi connectivity index (χ2n) is 7.44. The van der Waals surface area contributed by atoms with E-state index in [0.29, 0.717) is 47.7 Å². The molecule has 0 aliphatic carbocycles. The zero-order valence-corrected chi connectivity index (χ0v) is 19.5. The molecule has 10 heteroatoms. The van der Waals surface area contributed by atoms with Crippen LogP contribution in [0, 0.1) is 0 Å². The van der Waals surface area contributed by atoms with Crippen molar-refractivity contribution < 1.29 is 17.6 Å². The maximum atomic E-state index is 12.6. The lowest BCUT2D eigenvalue weighted by molar-refractivity contribution is 0.0997. The monoisotopic (exact) mass is 493 g/mol. The number of nitrogens with one attached hydrogen (secondary N) is 1. The zero-order valence-electron chi connectivity index (χ0n) is 17.2. The van der Waals surface area contributed by atoms with Gasteiger partial charge in [-0.1, -0.05) is 23.2 Å². The number of piperazine rings is 1. The fourth-order valence-electron chi connectivity index (χ4n) is 3.49. The average molecular weight is 494 g/mol. The fourth-order valence-corrected chi connectivity index (χ4v) is 4.62. The first-order chi connectivity index (χ1) is 15.2. The number of benzene rings is 2. The third-order valence-corrected chi connectivity index (χ3v) is 7.27. The molecule has 1 amide bonds. The molecule has 2 aromatic carbocycles. The number of halogens is 2. The molecular formula is C22H21Cl2N3O4S. The van der Waals surface area contributed by atoms with Gasteiger partial charge in [0, 0.05) is 43.1 Å². The molecule has 0 spiro atoms. The molecule has 1 aliphatic heterocycles. The summed E-state index contributed by atoms with van der Waals surface area (Å²) in [4.78, 5) is 14.7. The van der Waals surface area contributed by atoms with Gasteiger partial charge in [-0.2, -0.15) is 4.31 Å². The first-order valence-electron chi connectivity index (χ1n) is 9.87. The van der Waals surface area contributed by atoms with Crippen LogP contribution in [0.4, 0.5) is 11.4 Å². The first-order valence-corrected chi connectivity index (χ1v) is 12.5. The van der Waals surface area contributed by atoms with Crippen molar-refractivity contribution in [2.75, 3.05) is 42.7 Å². The van der Waals surface area contributed by atoms with Gasteiger partial charge in [0.25, 0.3) is 5.91 Å². The third-order valence-electron chi connectivity index (χ3n) is 5.23. The Morgan fingerprint density at radius 2 is 1.62 bits per heavy atom. The second kappa shape index (κ2) is 9.15. The predicted molar refractivity (Wildman–Crippen MR) is 127 cm³/mol. The average Bonchev–Trinajstić information content (AvgIpc) is 3.26. The summed E-state index contributed by atoms with van der Waals surface area (Å²) in [5.74, 6) is 0.315. The van der Waals surface area contributed by atoms with Crippen LogP contribution < -0.4 is 10.2 Å². The molecule has 0 radical (unpaired) electrons. The van der Waals surface area contributed by atoms with Crippen LogP contribution in [0.1, 0.15) is 10.6 Å². The van der Waals surface area contributed by atoms with Crippen LogP contribution in [0.5, 0.6) is 0 Å². The molecule has 3 aromatic rings. The minimum absolute atomic E-state index is 0.173. The van der Waals surface area contributed by atoms with Gasteiger partial charge in [0.2, 0.25) is 10.0 Å². The molecule has 1 fully saturated rings. The maximum absolute atomic E-state index is 12.6. The number of sulfonamides is 1. The molecule has 0 bridgehead atoms. The summed E-state index contributed by atoms with van der Waals surface area (Å²) < 4.78 is 30.5. The molecule has 168 valence electrons. The van der Waals surface area contributed by atoms with Crippen molar-refractivity contribution in [3.05, 3.63) is 70.4 Å². The fraction of sp³-hybridized carbons (Fsp3) is 0.227. The van der Waals surface area contributed by atoms with Gasteiger partial charge >= 0.3 is 0 Å². The first kappa shape index (κ1) is 22.7. The minimum atomic E-state index is -3.16. The number of anilines is 2. The van der Waals surface area contributed by atoms with E-state index in [-0.39, 0.29) is 11.7 Å². The van der Waals surface area contributed by atoms with E-state index in [1.165, 1.54) is 10.6 Å². The van der Waals surface area contributed by atoms with E-state index in [9.17, 15) is 13.2 Å². The summed E-state index contributed by atoms with van der Waals surface area (Å²) in [5, 5.41) is 3.67. The molecule has 4 rings (SSSR count). The van der Waals surface area contributed by atoms with Crippen LogP contribution in [0.3, 0.4) is 0 Å². The predicted octanol–water partition coefficient (Wildman–Crippen LogP) is 4.59. The number of hydrogen-bond donors (Lipinski definition) is 1. The molecule has 7 nitrogen and oxygen atoms in total. The number of carbonyl (C=O) groups excluding carboxylic acids is 1. The lowest BCUT2D eigenvalue weighted by Crippen LogP contribution is -2.48. The lowest BCUT2D eigenvalue weighted by atomic mass is 10.2. The van der Waals surface area contributed by atoms with E-state index in [0.717, 1.165) is 11.3 Å². The highest BCUT2D eigenvalue weighted by Crippen LogP contribution is 2.30. The van der Waals surface area contributed by atoms with Gasteiger partial charge in [0.1, 0.15) is 5.76 Å². The quantitative estimate of drug-likeness (QED) is 0.561. The van der Waals surface area contributed by atoms with E-state index in [4.69, 9.17) is 27.6 Å². The Labute approximate surface area is 196 Å². The van der Waals surface area contributed by atoms with Crippen molar-refractivity contribution in [1.29, 1.82) is 0 Å². The Morgan fingerprint density at radius 3 is 2.25 bits per heavy atom. The molecule has 32 heavy (non-hydrogen) atoms. The summed E-state index contributed by atoms with van der Waals surface area (Å²) in [6, 6.07) is 15.8. The van der Waals surface area contributed by atoms with E-state index in [1.54, 1.807) is 42.5 Å². The standard InChI is InChI=1S/C22H21Cl2N3O4S/c1-32(29,30)27-12-10-26(11-13-27)17-5-3-16(4-6-17)25-22(28)21-9-8-20(31-21)15-2-7-18(23)19(24)14-15/h2-9,14H,10-13H2,1H3,(H,25,28). The zero-order chi connectivity index (χ0) is 22.9. The van der Waals surface area contributed by atoms with Crippen LogP contribution in [0.15, 0.2) is 59.0 Å². The molecule has 1 N–H and O–H groups in total. The van der Waals surface area contributed by atoms with Crippen LogP contribution >= 0.6 is 23.2 Å². The Bertz CT molecular complexity index is 1230. The minimum Gasteiger partial charge on any atom is -0.451 e. The molecule has 1 aromatic heterocycles. The number of hydrogen-bond acceptors (Lipinski definition) is 5. The number of nitrogens with zero attached hydrogens (tertiary/aromatic N) is 2. The van der Waals surface area contributed by atoms with Crippen molar-refractivity contribution >= 4 is 50.5 Å². The highest BCUT2D eigenvalue weighted by Gasteiger charge is 2.23. The molecule has 0 unspecified atom stereocenters. The van der Waals surface area contributed by atoms with Gasteiger partial charge in [-0.15, -0.1) is 0 Å². The maximum Gasteiger partial charge on any atom is 0.291 e. The van der Waals surface area contributed by atoms with Crippen LogP contribution in [0.2, 0.25) is 10.0 Å². The summed E-state index contributed by atoms with van der Waals surface area (Å²) in [7, 11) is -3.16. The SMILES string of the molecule is CS(=O)(=O)N1CCN(c2ccc(NC(=O)c3ccc(-c4ccc(Cl)c(Cl)c4)o3)cc2)CC1. The molecule has 1 saturated heterocycles. The molecule has 0 atom stereocenters. The van der Waals surface area contributed by atoms with E-state index in [1.807, 2.05) is 12.1 Å². The molecular weight excluding hydrogens is 473 g/mol. The van der Waals surface area contributed by atoms with E-state index in [2.05, 4.69) is 10.2 Å². The third kappa shape index (κ3) is 5.10. The van der Waals surface area contributed by atoms with E-state index >= 15 is 0 Å². The van der Waals surface area contributed by atoms with Gasteiger partial charge in [0.05, 0.1) is 16.3 Å². The summed E-state index contributed by atoms with van der Waals surface area (Å²) in [5.41, 5.74) is 2.32. The van der Waals surface area contributed by atoms with Gasteiger partial charge in [-0.05, 0) is 54.6 Å². The normalized spacial score (nSPS) is 15.0. The number of rotatable bonds is 5. The number of furan rings is 1. The van der Waals surface area contributed by atoms with Gasteiger partial charge in [-0.3, -0.25) is 4.79 Å². The van der Waals surface area contributed by atoms with E-state index < -0.39 is 10.0 Å². The van der Waals surface area contributed by atoms with Crippen molar-refractivity contribution in [3.63, 3.8) is 0 Å². The van der Waals surface area contributed by atoms with Gasteiger partial charge in [0.15, 0.2) is 5.76 Å². The molecule has 0 saturated carbocycles. The smallest absolute Gasteiger partial charge is 0.291 e. The van der Waals surface area contributed by atoms with Crippen molar-refractivity contribution in [2.24, 2.45) is 0 Å².